The Labute approximate surface area is 215 Å². The third-order valence-corrected chi connectivity index (χ3v) is 8.30. The number of rotatable bonds is 13. The Hall–Kier alpha value is -1.71. The van der Waals surface area contributed by atoms with Gasteiger partial charge in [0.05, 0.1) is 0 Å². The highest BCUT2D eigenvalue weighted by Gasteiger charge is 2.44. The van der Waals surface area contributed by atoms with Gasteiger partial charge in [-0.3, -0.25) is 4.79 Å². The average Bonchev–Trinajstić information content (AvgIpc) is 2.77. The van der Waals surface area contributed by atoms with Crippen LogP contribution >= 0.6 is 0 Å². The molecule has 0 fully saturated rings. The van der Waals surface area contributed by atoms with Gasteiger partial charge in [-0.05, 0) is 75.0 Å². The fourth-order valence-electron chi connectivity index (χ4n) is 5.61. The summed E-state index contributed by atoms with van der Waals surface area (Å²) in [6, 6.07) is 0. The van der Waals surface area contributed by atoms with Crippen molar-refractivity contribution >= 4 is 5.97 Å². The summed E-state index contributed by atoms with van der Waals surface area (Å²) in [4.78, 5) is 11.9. The zero-order valence-electron chi connectivity index (χ0n) is 24.1. The molecule has 1 aromatic carbocycles. The van der Waals surface area contributed by atoms with E-state index < -0.39 is 5.60 Å². The largest absolute Gasteiger partial charge is 0.507 e. The fourth-order valence-corrected chi connectivity index (χ4v) is 5.61. The number of benzene rings is 1. The van der Waals surface area contributed by atoms with Gasteiger partial charge in [-0.2, -0.15) is 0 Å². The molecular weight excluding hydrogens is 436 g/mol. The Kier molecular flexibility index (Phi) is 11.0. The number of hydrogen-bond donors (Lipinski definition) is 1. The Morgan fingerprint density at radius 1 is 0.943 bits per heavy atom. The number of phenols is 1. The summed E-state index contributed by atoms with van der Waals surface area (Å²) in [6.45, 7) is 18.8. The number of esters is 1. The molecule has 0 radical (unpaired) electrons. The molecule has 200 valence electrons. The van der Waals surface area contributed by atoms with E-state index in [2.05, 4.69) is 34.6 Å². The van der Waals surface area contributed by atoms with E-state index in [1.807, 2.05) is 20.8 Å². The lowest BCUT2D eigenvalue weighted by Crippen LogP contribution is -2.51. The number of aromatic hydroxyl groups is 1. The van der Waals surface area contributed by atoms with Gasteiger partial charge < -0.3 is 14.6 Å². The maximum atomic E-state index is 11.9. The summed E-state index contributed by atoms with van der Waals surface area (Å²) in [6.07, 6.45) is 11.3. The maximum absolute atomic E-state index is 11.9. The predicted molar refractivity (Wildman–Crippen MR) is 145 cm³/mol. The molecule has 0 unspecified atom stereocenters. The number of phenolic OH excluding ortho intramolecular Hbond substituents is 1. The zero-order valence-corrected chi connectivity index (χ0v) is 24.1. The van der Waals surface area contributed by atoms with Gasteiger partial charge in [0.25, 0.3) is 0 Å². The molecule has 0 saturated heterocycles. The van der Waals surface area contributed by atoms with Gasteiger partial charge >= 0.3 is 5.97 Å². The topological polar surface area (TPSA) is 55.8 Å². The highest BCUT2D eigenvalue weighted by Crippen LogP contribution is 2.45. The molecule has 1 heterocycles. The van der Waals surface area contributed by atoms with Crippen molar-refractivity contribution in [2.24, 2.45) is 17.8 Å². The van der Waals surface area contributed by atoms with Crippen molar-refractivity contribution < 1.29 is 19.4 Å². The highest BCUT2D eigenvalue weighted by molar-refractivity contribution is 5.66. The van der Waals surface area contributed by atoms with Gasteiger partial charge in [0.1, 0.15) is 23.2 Å². The van der Waals surface area contributed by atoms with Crippen molar-refractivity contribution in [2.75, 3.05) is 0 Å². The molecule has 0 aromatic heterocycles. The van der Waals surface area contributed by atoms with Crippen LogP contribution in [0.5, 0.6) is 11.5 Å². The van der Waals surface area contributed by atoms with Crippen LogP contribution in [0, 0.1) is 38.5 Å². The first-order valence-electron chi connectivity index (χ1n) is 14.0. The standard InChI is InChI=1S/C31H52O4/c1-20(2)13-10-14-21(3)15-11-16-22(4)17-12-18-31(9)28(34-26(8)32)19-27-25(7)29(33)23(5)24(6)30(27)35-31/h20-22,28,33H,10-19H2,1-9H3/t21-,22+,28-,31-/m0/s1. The normalized spacial score (nSPS) is 21.4. The van der Waals surface area contributed by atoms with Crippen molar-refractivity contribution in [3.63, 3.8) is 0 Å². The van der Waals surface area contributed by atoms with Gasteiger partial charge in [-0.25, -0.2) is 0 Å². The fraction of sp³-hybridized carbons (Fsp3) is 0.774. The van der Waals surface area contributed by atoms with Crippen molar-refractivity contribution in [3.8, 4) is 11.5 Å². The Bertz CT molecular complexity index is 843. The van der Waals surface area contributed by atoms with Gasteiger partial charge in [-0.1, -0.05) is 72.6 Å². The molecule has 4 heteroatoms. The second-order valence-electron chi connectivity index (χ2n) is 12.1. The average molecular weight is 489 g/mol. The Morgan fingerprint density at radius 3 is 2.03 bits per heavy atom. The minimum atomic E-state index is -0.566. The summed E-state index contributed by atoms with van der Waals surface area (Å²) in [5, 5.41) is 10.5. The first-order valence-corrected chi connectivity index (χ1v) is 14.0. The molecule has 4 nitrogen and oxygen atoms in total. The summed E-state index contributed by atoms with van der Waals surface area (Å²) in [7, 11) is 0. The number of fused-ring (bicyclic) bond motifs is 1. The van der Waals surface area contributed by atoms with E-state index in [0.717, 1.165) is 59.1 Å². The quantitative estimate of drug-likeness (QED) is 0.283. The SMILES string of the molecule is CC(=O)O[C@H]1Cc2c(C)c(O)c(C)c(C)c2O[C@@]1(C)CCC[C@H](C)CCC[C@@H](C)CCCC(C)C. The van der Waals surface area contributed by atoms with Crippen LogP contribution in [0.3, 0.4) is 0 Å². The van der Waals surface area contributed by atoms with Crippen LogP contribution in [0.1, 0.15) is 122 Å². The molecule has 4 atom stereocenters. The third-order valence-electron chi connectivity index (χ3n) is 8.30. The molecule has 1 aliphatic heterocycles. The number of hydrogen-bond acceptors (Lipinski definition) is 4. The summed E-state index contributed by atoms with van der Waals surface area (Å²) >= 11 is 0. The van der Waals surface area contributed by atoms with Gasteiger partial charge in [0.2, 0.25) is 0 Å². The van der Waals surface area contributed by atoms with E-state index in [1.54, 1.807) is 0 Å². The molecule has 1 N–H and O–H groups in total. The van der Waals surface area contributed by atoms with Crippen LogP contribution < -0.4 is 4.74 Å². The van der Waals surface area contributed by atoms with Crippen LogP contribution in [0.25, 0.3) is 0 Å². The molecule has 0 saturated carbocycles. The van der Waals surface area contributed by atoms with E-state index in [4.69, 9.17) is 9.47 Å². The van der Waals surface area contributed by atoms with Crippen LogP contribution in [0.15, 0.2) is 0 Å². The lowest BCUT2D eigenvalue weighted by Gasteiger charge is -2.43. The second kappa shape index (κ2) is 13.0. The molecule has 0 aliphatic carbocycles. The van der Waals surface area contributed by atoms with Crippen molar-refractivity contribution in [1.82, 2.24) is 0 Å². The zero-order chi connectivity index (χ0) is 26.3. The van der Waals surface area contributed by atoms with Gasteiger partial charge in [0.15, 0.2) is 0 Å². The lowest BCUT2D eigenvalue weighted by atomic mass is 9.81. The van der Waals surface area contributed by atoms with Crippen LogP contribution in [-0.2, 0) is 16.0 Å². The molecule has 35 heavy (non-hydrogen) atoms. The summed E-state index contributed by atoms with van der Waals surface area (Å²) < 4.78 is 12.4. The molecule has 0 bridgehead atoms. The lowest BCUT2D eigenvalue weighted by molar-refractivity contribution is -0.161. The van der Waals surface area contributed by atoms with Crippen LogP contribution in [0.2, 0.25) is 0 Å². The van der Waals surface area contributed by atoms with Crippen molar-refractivity contribution in [3.05, 3.63) is 22.3 Å². The number of ether oxygens (including phenoxy) is 2. The Morgan fingerprint density at radius 2 is 1.49 bits per heavy atom. The summed E-state index contributed by atoms with van der Waals surface area (Å²) in [5.74, 6) is 3.23. The van der Waals surface area contributed by atoms with Gasteiger partial charge in [0, 0.05) is 18.9 Å². The van der Waals surface area contributed by atoms with E-state index in [-0.39, 0.29) is 12.1 Å². The maximum Gasteiger partial charge on any atom is 0.303 e. The van der Waals surface area contributed by atoms with E-state index >= 15 is 0 Å². The highest BCUT2D eigenvalue weighted by atomic mass is 16.6. The van der Waals surface area contributed by atoms with Crippen molar-refractivity contribution in [1.29, 1.82) is 0 Å². The van der Waals surface area contributed by atoms with E-state index in [0.29, 0.717) is 18.1 Å². The molecule has 2 rings (SSSR count). The first kappa shape index (κ1) is 29.5. The number of carbonyl (C=O) groups is 1. The van der Waals surface area contributed by atoms with Gasteiger partial charge in [-0.15, -0.1) is 0 Å². The summed E-state index contributed by atoms with van der Waals surface area (Å²) in [5.41, 5.74) is 3.07. The molecule has 1 aliphatic rings. The van der Waals surface area contributed by atoms with Crippen LogP contribution in [-0.4, -0.2) is 22.8 Å². The molecule has 1 aromatic rings. The minimum Gasteiger partial charge on any atom is -0.507 e. The number of carbonyl (C=O) groups excluding carboxylic acids is 1. The molecule has 0 amide bonds. The first-order chi connectivity index (χ1) is 16.4. The minimum absolute atomic E-state index is 0.283. The Balaban J connectivity index is 1.94. The van der Waals surface area contributed by atoms with E-state index in [1.165, 1.54) is 45.4 Å². The molecule has 0 spiro atoms. The van der Waals surface area contributed by atoms with Crippen molar-refractivity contribution in [2.45, 2.75) is 138 Å². The third kappa shape index (κ3) is 8.15. The predicted octanol–water partition coefficient (Wildman–Crippen LogP) is 8.38. The monoisotopic (exact) mass is 488 g/mol. The molecular formula is C31H52O4. The smallest absolute Gasteiger partial charge is 0.303 e. The second-order valence-corrected chi connectivity index (χ2v) is 12.1. The van der Waals surface area contributed by atoms with E-state index in [9.17, 15) is 9.90 Å². The van der Waals surface area contributed by atoms with Crippen LogP contribution in [0.4, 0.5) is 0 Å².